The fraction of sp³-hybridized carbons (Fsp3) is 0.480. The Morgan fingerprint density at radius 3 is 2.42 bits per heavy atom. The van der Waals surface area contributed by atoms with E-state index in [4.69, 9.17) is 9.47 Å². The van der Waals surface area contributed by atoms with Crippen molar-refractivity contribution in [1.29, 1.82) is 0 Å². The number of fused-ring (bicyclic) bond motifs is 1. The third-order valence-electron chi connectivity index (χ3n) is 5.90. The molecule has 8 heteroatoms. The quantitative estimate of drug-likeness (QED) is 0.649. The second-order valence-corrected chi connectivity index (χ2v) is 11.8. The van der Waals surface area contributed by atoms with Crippen molar-refractivity contribution in [3.05, 3.63) is 48.0 Å². The molecule has 0 spiro atoms. The molecule has 1 saturated heterocycles. The van der Waals surface area contributed by atoms with Crippen LogP contribution in [0.3, 0.4) is 0 Å². The third kappa shape index (κ3) is 5.61. The molecule has 0 N–H and O–H groups in total. The second-order valence-electron chi connectivity index (χ2n) is 9.75. The van der Waals surface area contributed by atoms with Gasteiger partial charge in [0.25, 0.3) is 0 Å². The highest BCUT2D eigenvalue weighted by atomic mass is 32.2. The van der Waals surface area contributed by atoms with Crippen LogP contribution in [0.15, 0.2) is 47.4 Å². The highest BCUT2D eigenvalue weighted by molar-refractivity contribution is 7.90. The van der Waals surface area contributed by atoms with Gasteiger partial charge in [-0.2, -0.15) is 0 Å². The Hall–Kier alpha value is -2.74. The first-order valence-electron chi connectivity index (χ1n) is 11.3. The minimum atomic E-state index is -3.22. The molecule has 4 rings (SSSR count). The predicted molar refractivity (Wildman–Crippen MR) is 128 cm³/mol. The van der Waals surface area contributed by atoms with E-state index in [9.17, 15) is 13.2 Å². The summed E-state index contributed by atoms with van der Waals surface area (Å²) in [4.78, 5) is 16.6. The standard InChI is InChI=1S/C25H32N2O5S/c1-25(2,3)32-24(28)26-13-11-20(12-14-26)31-21-7-5-6-19(17-21)27-15-10-18-16-22(33(4,29)30)8-9-23(18)27/h5-9,16-17,20H,10-15H2,1-4H3. The van der Waals surface area contributed by atoms with Crippen LogP contribution in [0.4, 0.5) is 16.2 Å². The molecule has 0 radical (unpaired) electrons. The molecule has 2 aromatic rings. The molecule has 7 nitrogen and oxygen atoms in total. The van der Waals surface area contributed by atoms with Crippen LogP contribution in [0.1, 0.15) is 39.2 Å². The summed E-state index contributed by atoms with van der Waals surface area (Å²) in [6, 6.07) is 13.3. The molecule has 0 aromatic heterocycles. The maximum atomic E-state index is 12.3. The zero-order valence-electron chi connectivity index (χ0n) is 19.7. The molecular formula is C25H32N2O5S. The van der Waals surface area contributed by atoms with E-state index in [0.717, 1.165) is 48.5 Å². The van der Waals surface area contributed by atoms with Crippen molar-refractivity contribution in [3.63, 3.8) is 0 Å². The Morgan fingerprint density at radius 2 is 1.76 bits per heavy atom. The Morgan fingerprint density at radius 1 is 1.03 bits per heavy atom. The van der Waals surface area contributed by atoms with Crippen molar-refractivity contribution in [2.75, 3.05) is 30.8 Å². The predicted octanol–water partition coefficient (Wildman–Crippen LogP) is 4.56. The average Bonchev–Trinajstić information content (AvgIpc) is 3.16. The fourth-order valence-electron chi connectivity index (χ4n) is 4.28. The molecule has 0 unspecified atom stereocenters. The number of amides is 1. The average molecular weight is 473 g/mol. The van der Waals surface area contributed by atoms with Gasteiger partial charge >= 0.3 is 6.09 Å². The van der Waals surface area contributed by atoms with E-state index in [-0.39, 0.29) is 12.2 Å². The molecule has 0 atom stereocenters. The summed E-state index contributed by atoms with van der Waals surface area (Å²) in [5, 5.41) is 0. The molecule has 0 aliphatic carbocycles. The van der Waals surface area contributed by atoms with E-state index in [1.165, 1.54) is 6.26 Å². The van der Waals surface area contributed by atoms with E-state index in [1.54, 1.807) is 17.0 Å². The van der Waals surface area contributed by atoms with Gasteiger partial charge in [0, 0.05) is 56.2 Å². The van der Waals surface area contributed by atoms with Crippen LogP contribution in [0.25, 0.3) is 0 Å². The lowest BCUT2D eigenvalue weighted by Crippen LogP contribution is -2.44. The van der Waals surface area contributed by atoms with E-state index in [1.807, 2.05) is 51.1 Å². The van der Waals surface area contributed by atoms with Crippen LogP contribution < -0.4 is 9.64 Å². The minimum Gasteiger partial charge on any atom is -0.490 e. The van der Waals surface area contributed by atoms with Crippen molar-refractivity contribution in [1.82, 2.24) is 4.90 Å². The van der Waals surface area contributed by atoms with E-state index < -0.39 is 15.4 Å². The zero-order valence-corrected chi connectivity index (χ0v) is 20.5. The molecular weight excluding hydrogens is 440 g/mol. The van der Waals surface area contributed by atoms with Crippen LogP contribution in [0.5, 0.6) is 5.75 Å². The van der Waals surface area contributed by atoms with Crippen molar-refractivity contribution < 1.29 is 22.7 Å². The molecule has 2 aliphatic rings. The lowest BCUT2D eigenvalue weighted by atomic mass is 10.1. The SMILES string of the molecule is CC(C)(C)OC(=O)N1CCC(Oc2cccc(N3CCc4cc(S(C)(=O)=O)ccc43)c2)CC1. The lowest BCUT2D eigenvalue weighted by Gasteiger charge is -2.33. The summed E-state index contributed by atoms with van der Waals surface area (Å²) in [6.45, 7) is 7.63. The highest BCUT2D eigenvalue weighted by Gasteiger charge is 2.28. The number of ether oxygens (including phenoxy) is 2. The Balaban J connectivity index is 1.40. The Kier molecular flexibility index (Phi) is 6.31. The summed E-state index contributed by atoms with van der Waals surface area (Å²) in [5.41, 5.74) is 2.60. The van der Waals surface area contributed by atoms with Crippen LogP contribution >= 0.6 is 0 Å². The number of benzene rings is 2. The highest BCUT2D eigenvalue weighted by Crippen LogP contribution is 2.37. The summed E-state index contributed by atoms with van der Waals surface area (Å²) in [5.74, 6) is 0.796. The normalized spacial score (nSPS) is 17.1. The molecule has 33 heavy (non-hydrogen) atoms. The smallest absolute Gasteiger partial charge is 0.410 e. The van der Waals surface area contributed by atoms with Gasteiger partial charge in [0.05, 0.1) is 4.90 Å². The second kappa shape index (κ2) is 8.89. The molecule has 2 heterocycles. The number of hydrogen-bond donors (Lipinski definition) is 0. The van der Waals surface area contributed by atoms with Crippen molar-refractivity contribution >= 4 is 27.3 Å². The Labute approximate surface area is 196 Å². The number of carbonyl (C=O) groups excluding carboxylic acids is 1. The maximum absolute atomic E-state index is 12.3. The largest absolute Gasteiger partial charge is 0.490 e. The van der Waals surface area contributed by atoms with Gasteiger partial charge in [0.2, 0.25) is 0 Å². The number of likely N-dealkylation sites (tertiary alicyclic amines) is 1. The molecule has 178 valence electrons. The number of nitrogens with zero attached hydrogens (tertiary/aromatic N) is 2. The zero-order chi connectivity index (χ0) is 23.8. The molecule has 2 aliphatic heterocycles. The minimum absolute atomic E-state index is 0.0436. The summed E-state index contributed by atoms with van der Waals surface area (Å²) in [6.07, 6.45) is 3.32. The van der Waals surface area contributed by atoms with E-state index in [0.29, 0.717) is 18.0 Å². The first-order valence-corrected chi connectivity index (χ1v) is 13.2. The van der Waals surface area contributed by atoms with Gasteiger partial charge in [-0.1, -0.05) is 6.07 Å². The van der Waals surface area contributed by atoms with Crippen LogP contribution in [0, 0.1) is 0 Å². The first kappa shape index (κ1) is 23.4. The van der Waals surface area contributed by atoms with Crippen LogP contribution in [0.2, 0.25) is 0 Å². The number of anilines is 2. The first-order chi connectivity index (χ1) is 15.5. The van der Waals surface area contributed by atoms with Gasteiger partial charge in [-0.15, -0.1) is 0 Å². The van der Waals surface area contributed by atoms with Crippen LogP contribution in [-0.2, 0) is 21.0 Å². The van der Waals surface area contributed by atoms with Crippen molar-refractivity contribution in [2.45, 2.75) is 56.6 Å². The third-order valence-corrected chi connectivity index (χ3v) is 7.01. The molecule has 1 amide bonds. The maximum Gasteiger partial charge on any atom is 0.410 e. The molecule has 0 bridgehead atoms. The molecule has 1 fully saturated rings. The molecule has 0 saturated carbocycles. The van der Waals surface area contributed by atoms with Gasteiger partial charge in [-0.25, -0.2) is 13.2 Å². The summed E-state index contributed by atoms with van der Waals surface area (Å²) >= 11 is 0. The van der Waals surface area contributed by atoms with Gasteiger partial charge in [0.1, 0.15) is 17.5 Å². The number of carbonyl (C=O) groups is 1. The van der Waals surface area contributed by atoms with Crippen molar-refractivity contribution in [2.24, 2.45) is 0 Å². The van der Waals surface area contributed by atoms with Gasteiger partial charge in [0.15, 0.2) is 9.84 Å². The van der Waals surface area contributed by atoms with Gasteiger partial charge in [-0.05, 0) is 63.1 Å². The molecule has 2 aromatic carbocycles. The Bertz CT molecular complexity index is 1130. The fourth-order valence-corrected chi connectivity index (χ4v) is 4.95. The van der Waals surface area contributed by atoms with Gasteiger partial charge < -0.3 is 19.3 Å². The van der Waals surface area contributed by atoms with E-state index in [2.05, 4.69) is 4.90 Å². The van der Waals surface area contributed by atoms with Crippen LogP contribution in [-0.4, -0.2) is 57.0 Å². The van der Waals surface area contributed by atoms with Gasteiger partial charge in [-0.3, -0.25) is 0 Å². The number of piperidine rings is 1. The number of sulfone groups is 1. The monoisotopic (exact) mass is 472 g/mol. The summed E-state index contributed by atoms with van der Waals surface area (Å²) < 4.78 is 35.5. The number of rotatable bonds is 4. The number of hydrogen-bond acceptors (Lipinski definition) is 6. The summed E-state index contributed by atoms with van der Waals surface area (Å²) in [7, 11) is -3.22. The van der Waals surface area contributed by atoms with Crippen molar-refractivity contribution in [3.8, 4) is 5.75 Å². The topological polar surface area (TPSA) is 76.2 Å². The lowest BCUT2D eigenvalue weighted by molar-refractivity contribution is 0.0126. The van der Waals surface area contributed by atoms with E-state index >= 15 is 0 Å².